The van der Waals surface area contributed by atoms with Gasteiger partial charge in [0.15, 0.2) is 5.78 Å². The summed E-state index contributed by atoms with van der Waals surface area (Å²) in [5.74, 6) is -2.54. The minimum Gasteiger partial charge on any atom is -0.460 e. The monoisotopic (exact) mass is 878 g/mol. The highest BCUT2D eigenvalue weighted by Crippen LogP contribution is 2.30. The lowest BCUT2D eigenvalue weighted by Gasteiger charge is -2.41. The maximum Gasteiger partial charge on any atom is 0.338 e. The minimum absolute atomic E-state index is 0.00656. The Morgan fingerprint density at radius 2 is 1.43 bits per heavy atom. The molecule has 2 aromatic rings. The van der Waals surface area contributed by atoms with Crippen LogP contribution in [-0.2, 0) is 39.8 Å². The standard InChI is InChI=1S/C49H75N5O9/c1-14-32(6)44(53(11)48(59)42(30(2)3)51-47(58)43(31(4)5)52(9)10)40(61-12)28-41(56)54-26-18-21-39(54)45(62-13)33(7)46(57)50-38(27-35-19-16-15-17-20-35)29-63-49(60)37-24-22-36(23-25-37)34(8)55/h15-17,19-20,22-25,30-33,38-40,42-45H,14,18,21,26-29H2,1-13H3,(H,50,57)(H,51,58)/t32-,33+,38+,39-,40?,42-,43-,44-,45+/m0/s1. The number of ketones is 1. The number of likely N-dealkylation sites (N-methyl/N-ethyl adjacent to an activating group) is 2. The first kappa shape index (κ1) is 52.7. The van der Waals surface area contributed by atoms with Crippen LogP contribution >= 0.6 is 0 Å². The van der Waals surface area contributed by atoms with Crippen LogP contribution in [0.4, 0.5) is 0 Å². The van der Waals surface area contributed by atoms with Crippen LogP contribution in [-0.4, -0.2) is 141 Å². The normalized spacial score (nSPS) is 17.9. The van der Waals surface area contributed by atoms with Crippen molar-refractivity contribution in [2.24, 2.45) is 23.7 Å². The zero-order valence-electron chi connectivity index (χ0n) is 40.0. The number of hydrogen-bond donors (Lipinski definition) is 2. The minimum atomic E-state index is -0.785. The zero-order valence-corrected chi connectivity index (χ0v) is 40.0. The van der Waals surface area contributed by atoms with E-state index in [1.54, 1.807) is 62.3 Å². The Hall–Kier alpha value is -4.66. The maximum atomic E-state index is 14.4. The van der Waals surface area contributed by atoms with Crippen molar-refractivity contribution in [3.8, 4) is 0 Å². The molecule has 1 aliphatic heterocycles. The molecule has 2 aromatic carbocycles. The zero-order chi connectivity index (χ0) is 47.1. The van der Waals surface area contributed by atoms with Gasteiger partial charge in [0.05, 0.1) is 54.3 Å². The van der Waals surface area contributed by atoms with Crippen molar-refractivity contribution in [1.29, 1.82) is 0 Å². The third kappa shape index (κ3) is 14.4. The molecule has 3 rings (SSSR count). The van der Waals surface area contributed by atoms with Gasteiger partial charge < -0.3 is 34.6 Å². The number of likely N-dealkylation sites (tertiary alicyclic amines) is 1. The lowest BCUT2D eigenvalue weighted by molar-refractivity contribution is -0.148. The Morgan fingerprint density at radius 3 is 1.95 bits per heavy atom. The van der Waals surface area contributed by atoms with Crippen LogP contribution in [0.5, 0.6) is 0 Å². The molecular weight excluding hydrogens is 803 g/mol. The van der Waals surface area contributed by atoms with E-state index in [0.29, 0.717) is 31.4 Å². The van der Waals surface area contributed by atoms with Crippen molar-refractivity contribution in [2.75, 3.05) is 48.5 Å². The number of rotatable bonds is 24. The Bertz CT molecular complexity index is 1800. The fourth-order valence-corrected chi connectivity index (χ4v) is 8.89. The second-order valence-electron chi connectivity index (χ2n) is 18.1. The van der Waals surface area contributed by atoms with Crippen molar-refractivity contribution < 1.29 is 43.0 Å². The summed E-state index contributed by atoms with van der Waals surface area (Å²) < 4.78 is 17.8. The van der Waals surface area contributed by atoms with Crippen molar-refractivity contribution in [1.82, 2.24) is 25.3 Å². The van der Waals surface area contributed by atoms with E-state index in [9.17, 15) is 28.8 Å². The van der Waals surface area contributed by atoms with Gasteiger partial charge in [0, 0.05) is 33.4 Å². The van der Waals surface area contributed by atoms with E-state index in [2.05, 4.69) is 10.6 Å². The smallest absolute Gasteiger partial charge is 0.338 e. The Labute approximate surface area is 376 Å². The molecule has 350 valence electrons. The fraction of sp³-hybridized carbons (Fsp3) is 0.633. The van der Waals surface area contributed by atoms with Crippen molar-refractivity contribution in [3.05, 3.63) is 71.3 Å². The summed E-state index contributed by atoms with van der Waals surface area (Å²) in [5, 5.41) is 6.13. The molecule has 14 nitrogen and oxygen atoms in total. The maximum absolute atomic E-state index is 14.4. The molecule has 1 unspecified atom stereocenters. The van der Waals surface area contributed by atoms with Gasteiger partial charge in [-0.3, -0.25) is 28.9 Å². The molecule has 0 spiro atoms. The third-order valence-corrected chi connectivity index (χ3v) is 12.6. The predicted octanol–water partition coefficient (Wildman–Crippen LogP) is 5.42. The molecule has 1 aliphatic rings. The van der Waals surface area contributed by atoms with Crippen molar-refractivity contribution in [3.63, 3.8) is 0 Å². The van der Waals surface area contributed by atoms with E-state index in [4.69, 9.17) is 14.2 Å². The number of carbonyl (C=O) groups is 6. The largest absolute Gasteiger partial charge is 0.460 e. The van der Waals surface area contributed by atoms with Gasteiger partial charge in [-0.1, -0.05) is 97.4 Å². The van der Waals surface area contributed by atoms with Gasteiger partial charge >= 0.3 is 5.97 Å². The molecule has 0 aromatic heterocycles. The average Bonchev–Trinajstić information content (AvgIpc) is 3.73. The Kier molecular flexibility index (Phi) is 20.9. The van der Waals surface area contributed by atoms with Crippen LogP contribution in [0.25, 0.3) is 0 Å². The first-order valence-corrected chi connectivity index (χ1v) is 22.5. The van der Waals surface area contributed by atoms with E-state index in [-0.39, 0.29) is 65.8 Å². The molecule has 1 heterocycles. The van der Waals surface area contributed by atoms with Gasteiger partial charge in [-0.05, 0) is 75.7 Å². The van der Waals surface area contributed by atoms with Crippen LogP contribution in [0.2, 0.25) is 0 Å². The predicted molar refractivity (Wildman–Crippen MR) is 244 cm³/mol. The number of hydrogen-bond acceptors (Lipinski definition) is 10. The molecule has 1 saturated heterocycles. The number of amides is 4. The second kappa shape index (κ2) is 25.0. The molecule has 9 atom stereocenters. The van der Waals surface area contributed by atoms with E-state index < -0.39 is 54.3 Å². The molecule has 2 N–H and O–H groups in total. The number of benzene rings is 2. The molecule has 0 aliphatic carbocycles. The van der Waals surface area contributed by atoms with Gasteiger partial charge in [0.1, 0.15) is 12.6 Å². The highest BCUT2D eigenvalue weighted by molar-refractivity contribution is 5.96. The van der Waals surface area contributed by atoms with Crippen molar-refractivity contribution in [2.45, 2.75) is 130 Å². The topological polar surface area (TPSA) is 164 Å². The van der Waals surface area contributed by atoms with E-state index >= 15 is 0 Å². The number of nitrogens with one attached hydrogen (secondary N) is 2. The van der Waals surface area contributed by atoms with Gasteiger partial charge in [-0.2, -0.15) is 0 Å². The Balaban J connectivity index is 1.79. The summed E-state index contributed by atoms with van der Waals surface area (Å²) in [4.78, 5) is 86.4. The highest BCUT2D eigenvalue weighted by atomic mass is 16.5. The highest BCUT2D eigenvalue weighted by Gasteiger charge is 2.43. The summed E-state index contributed by atoms with van der Waals surface area (Å²) >= 11 is 0. The third-order valence-electron chi connectivity index (χ3n) is 12.6. The van der Waals surface area contributed by atoms with Crippen LogP contribution in [0.15, 0.2) is 54.6 Å². The molecule has 14 heteroatoms. The first-order chi connectivity index (χ1) is 29.8. The first-order valence-electron chi connectivity index (χ1n) is 22.5. The van der Waals surface area contributed by atoms with Gasteiger partial charge in [0.2, 0.25) is 23.6 Å². The summed E-state index contributed by atoms with van der Waals surface area (Å²) in [6, 6.07) is 13.1. The lowest BCUT2D eigenvalue weighted by atomic mass is 9.89. The van der Waals surface area contributed by atoms with E-state index in [1.807, 2.05) is 90.9 Å². The fourth-order valence-electron chi connectivity index (χ4n) is 8.89. The quantitative estimate of drug-likeness (QED) is 0.103. The molecule has 63 heavy (non-hydrogen) atoms. The molecule has 1 fully saturated rings. The number of esters is 1. The van der Waals surface area contributed by atoms with Crippen molar-refractivity contribution >= 4 is 35.4 Å². The molecule has 0 saturated carbocycles. The van der Waals surface area contributed by atoms with Crippen LogP contribution in [0.3, 0.4) is 0 Å². The molecular formula is C49H75N5O9. The van der Waals surface area contributed by atoms with Crippen LogP contribution < -0.4 is 10.6 Å². The van der Waals surface area contributed by atoms with Gasteiger partial charge in [-0.25, -0.2) is 4.79 Å². The number of nitrogens with zero attached hydrogens (tertiary/aromatic N) is 3. The second-order valence-corrected chi connectivity index (χ2v) is 18.1. The molecule has 0 radical (unpaired) electrons. The van der Waals surface area contributed by atoms with Gasteiger partial charge in [-0.15, -0.1) is 0 Å². The van der Waals surface area contributed by atoms with Crippen LogP contribution in [0.1, 0.15) is 107 Å². The average molecular weight is 878 g/mol. The lowest BCUT2D eigenvalue weighted by Crippen LogP contribution is -2.59. The number of Topliss-reactive ketones (excluding diaryl/α,β-unsaturated/α-hetero) is 1. The molecule has 0 bridgehead atoms. The molecule has 4 amide bonds. The number of carbonyl (C=O) groups excluding carboxylic acids is 6. The summed E-state index contributed by atoms with van der Waals surface area (Å²) in [5.41, 5.74) is 1.71. The summed E-state index contributed by atoms with van der Waals surface area (Å²) in [6.07, 6.45) is 1.13. The van der Waals surface area contributed by atoms with E-state index in [1.165, 1.54) is 6.92 Å². The Morgan fingerprint density at radius 1 is 0.810 bits per heavy atom. The summed E-state index contributed by atoms with van der Waals surface area (Å²) in [7, 11) is 8.52. The number of methoxy groups -OCH3 is 2. The van der Waals surface area contributed by atoms with Gasteiger partial charge in [0.25, 0.3) is 0 Å². The number of ether oxygens (including phenoxy) is 3. The van der Waals surface area contributed by atoms with Crippen LogP contribution in [0, 0.1) is 23.7 Å². The SMILES string of the molecule is CC[C@H](C)[C@@H](C(CC(=O)N1CCC[C@H]1[C@H](OC)[C@@H](C)C(=O)N[C@@H](COC(=O)c1ccc(C(C)=O)cc1)Cc1ccccc1)OC)N(C)C(=O)[C@@H](NC(=O)[C@H](C(C)C)N(C)C)C(C)C. The summed E-state index contributed by atoms with van der Waals surface area (Å²) in [6.45, 7) is 15.4. The van der Waals surface area contributed by atoms with E-state index in [0.717, 1.165) is 12.0 Å².